The lowest BCUT2D eigenvalue weighted by Crippen LogP contribution is -2.32. The Morgan fingerprint density at radius 1 is 1.27 bits per heavy atom. The van der Waals surface area contributed by atoms with E-state index in [2.05, 4.69) is 22.1 Å². The first-order valence-electron chi connectivity index (χ1n) is 6.25. The number of likely N-dealkylation sites (tertiary alicyclic amines) is 1. The molecule has 124 valence electrons. The predicted molar refractivity (Wildman–Crippen MR) is 66.4 cm³/mol. The molecule has 0 spiro atoms. The molecule has 1 aromatic heterocycles. The molecule has 0 amide bonds. The summed E-state index contributed by atoms with van der Waals surface area (Å²) in [5, 5.41) is 23.8. The number of aromatic nitrogens is 3. The van der Waals surface area contributed by atoms with Crippen molar-refractivity contribution in [2.24, 2.45) is 0 Å². The summed E-state index contributed by atoms with van der Waals surface area (Å²) in [6.45, 7) is 2.02. The lowest BCUT2D eigenvalue weighted by Gasteiger charge is -2.27. The molecule has 0 aliphatic carbocycles. The molecule has 2 N–H and O–H groups in total. The van der Waals surface area contributed by atoms with Gasteiger partial charge in [0.05, 0.1) is 12.2 Å². The maximum absolute atomic E-state index is 10.6. The van der Waals surface area contributed by atoms with Crippen molar-refractivity contribution >= 4 is 11.9 Å². The number of hydrogen-bond donors (Lipinski definition) is 2. The molecule has 0 bridgehead atoms. The molecule has 22 heavy (non-hydrogen) atoms. The Bertz CT molecular complexity index is 524. The topological polar surface area (TPSA) is 109 Å². The van der Waals surface area contributed by atoms with E-state index in [1.165, 1.54) is 11.0 Å². The monoisotopic (exact) mass is 324 g/mol. The van der Waals surface area contributed by atoms with Crippen molar-refractivity contribution in [1.82, 2.24) is 19.9 Å². The summed E-state index contributed by atoms with van der Waals surface area (Å²) in [4.78, 5) is 23.3. The normalized spacial score (nSPS) is 16.7. The van der Waals surface area contributed by atoms with Crippen LogP contribution in [0.5, 0.6) is 0 Å². The zero-order valence-electron chi connectivity index (χ0n) is 11.6. The Hall–Kier alpha value is -2.17. The number of rotatable bonds is 2. The summed E-state index contributed by atoms with van der Waals surface area (Å²) < 4.78 is 31.7. The molecule has 0 aromatic carbocycles. The molecule has 1 aromatic rings. The van der Waals surface area contributed by atoms with Crippen molar-refractivity contribution in [3.05, 3.63) is 11.9 Å². The average Bonchev–Trinajstić information content (AvgIpc) is 2.89. The number of hydrogen-bond acceptors (Lipinski definition) is 5. The third-order valence-electron chi connectivity index (χ3n) is 2.98. The Balaban J connectivity index is 0.000000295. The summed E-state index contributed by atoms with van der Waals surface area (Å²) in [5.41, 5.74) is 0.0222. The second-order valence-electron chi connectivity index (χ2n) is 4.69. The van der Waals surface area contributed by atoms with Crippen molar-refractivity contribution in [3.63, 3.8) is 0 Å². The minimum Gasteiger partial charge on any atom is -0.476 e. The van der Waals surface area contributed by atoms with Crippen LogP contribution in [-0.4, -0.2) is 68.4 Å². The fourth-order valence-electron chi connectivity index (χ4n) is 1.78. The van der Waals surface area contributed by atoms with Gasteiger partial charge in [-0.1, -0.05) is 0 Å². The van der Waals surface area contributed by atoms with Gasteiger partial charge in [0, 0.05) is 0 Å². The summed E-state index contributed by atoms with van der Waals surface area (Å²) in [5.74, 6) is -3.78. The number of aliphatic carboxylic acids is 1. The SMILES string of the molecule is CN1CCC(n2ncc(C(=O)O)n2)CC1.O=C(O)C(F)(F)F. The molecule has 1 aliphatic heterocycles. The smallest absolute Gasteiger partial charge is 0.476 e. The standard InChI is InChI=1S/C9H14N4O2.C2HF3O2/c1-12-4-2-7(3-5-12)13-10-6-8(11-13)9(14)15;3-2(4,5)1(6)7/h6-7H,2-5H2,1H3,(H,14,15);(H,6,7). The van der Waals surface area contributed by atoms with E-state index < -0.39 is 18.1 Å². The van der Waals surface area contributed by atoms with Gasteiger partial charge >= 0.3 is 18.1 Å². The number of carboxylic acid groups (broad SMARTS) is 2. The van der Waals surface area contributed by atoms with Gasteiger partial charge in [0.2, 0.25) is 0 Å². The van der Waals surface area contributed by atoms with Gasteiger partial charge in [0.1, 0.15) is 0 Å². The zero-order chi connectivity index (χ0) is 16.9. The quantitative estimate of drug-likeness (QED) is 0.831. The first-order chi connectivity index (χ1) is 10.1. The third-order valence-corrected chi connectivity index (χ3v) is 2.98. The van der Waals surface area contributed by atoms with Crippen molar-refractivity contribution in [3.8, 4) is 0 Å². The number of piperidine rings is 1. The highest BCUT2D eigenvalue weighted by Gasteiger charge is 2.38. The maximum Gasteiger partial charge on any atom is 0.490 e. The van der Waals surface area contributed by atoms with E-state index in [4.69, 9.17) is 15.0 Å². The molecule has 0 radical (unpaired) electrons. The van der Waals surface area contributed by atoms with Crippen LogP contribution in [0.3, 0.4) is 0 Å². The van der Waals surface area contributed by atoms with Gasteiger partial charge in [-0.25, -0.2) is 9.59 Å². The first-order valence-corrected chi connectivity index (χ1v) is 6.25. The number of alkyl halides is 3. The minimum absolute atomic E-state index is 0.0222. The van der Waals surface area contributed by atoms with Crippen molar-refractivity contribution in [2.45, 2.75) is 25.1 Å². The van der Waals surface area contributed by atoms with E-state index in [0.717, 1.165) is 25.9 Å². The number of carbonyl (C=O) groups is 2. The third kappa shape index (κ3) is 5.31. The average molecular weight is 324 g/mol. The van der Waals surface area contributed by atoms with Crippen molar-refractivity contribution < 1.29 is 33.0 Å². The Kier molecular flexibility index (Phi) is 5.85. The van der Waals surface area contributed by atoms with E-state index >= 15 is 0 Å². The highest BCUT2D eigenvalue weighted by molar-refractivity contribution is 5.84. The van der Waals surface area contributed by atoms with E-state index in [0.29, 0.717) is 0 Å². The lowest BCUT2D eigenvalue weighted by molar-refractivity contribution is -0.192. The Morgan fingerprint density at radius 2 is 1.77 bits per heavy atom. The number of aromatic carboxylic acids is 1. The fraction of sp³-hybridized carbons (Fsp3) is 0.636. The van der Waals surface area contributed by atoms with Gasteiger partial charge in [0.15, 0.2) is 5.69 Å². The molecule has 1 fully saturated rings. The summed E-state index contributed by atoms with van der Waals surface area (Å²) in [6.07, 6.45) is -1.82. The van der Waals surface area contributed by atoms with Crippen LogP contribution in [0.4, 0.5) is 13.2 Å². The number of carboxylic acids is 2. The molecule has 0 unspecified atom stereocenters. The molecule has 2 heterocycles. The van der Waals surface area contributed by atoms with E-state index in [9.17, 15) is 18.0 Å². The lowest BCUT2D eigenvalue weighted by atomic mass is 10.1. The largest absolute Gasteiger partial charge is 0.490 e. The van der Waals surface area contributed by atoms with E-state index in [-0.39, 0.29) is 11.7 Å². The predicted octanol–water partition coefficient (Wildman–Crippen LogP) is 0.876. The minimum atomic E-state index is -5.08. The van der Waals surface area contributed by atoms with Gasteiger partial charge in [-0.3, -0.25) is 0 Å². The molecule has 0 atom stereocenters. The van der Waals surface area contributed by atoms with Crippen LogP contribution in [0.2, 0.25) is 0 Å². The second-order valence-corrected chi connectivity index (χ2v) is 4.69. The van der Waals surface area contributed by atoms with Crippen LogP contribution in [0.25, 0.3) is 0 Å². The van der Waals surface area contributed by atoms with Crippen LogP contribution in [0.15, 0.2) is 6.20 Å². The fourth-order valence-corrected chi connectivity index (χ4v) is 1.78. The Morgan fingerprint density at radius 3 is 2.14 bits per heavy atom. The molecule has 8 nitrogen and oxygen atoms in total. The number of halogens is 3. The molecule has 11 heteroatoms. The van der Waals surface area contributed by atoms with Crippen LogP contribution in [0.1, 0.15) is 29.4 Å². The van der Waals surface area contributed by atoms with E-state index in [1.807, 2.05) is 0 Å². The van der Waals surface area contributed by atoms with Crippen LogP contribution < -0.4 is 0 Å². The number of nitrogens with zero attached hydrogens (tertiary/aromatic N) is 4. The van der Waals surface area contributed by atoms with Crippen LogP contribution in [0, 0.1) is 0 Å². The van der Waals surface area contributed by atoms with Crippen LogP contribution in [-0.2, 0) is 4.79 Å². The molecule has 0 saturated carbocycles. The summed E-state index contributed by atoms with van der Waals surface area (Å²) >= 11 is 0. The van der Waals surface area contributed by atoms with Gasteiger partial charge in [0.25, 0.3) is 0 Å². The van der Waals surface area contributed by atoms with Crippen molar-refractivity contribution in [2.75, 3.05) is 20.1 Å². The highest BCUT2D eigenvalue weighted by atomic mass is 19.4. The molecular weight excluding hydrogens is 309 g/mol. The van der Waals surface area contributed by atoms with Gasteiger partial charge in [-0.2, -0.15) is 23.1 Å². The second kappa shape index (κ2) is 7.20. The zero-order valence-corrected chi connectivity index (χ0v) is 11.6. The summed E-state index contributed by atoms with van der Waals surface area (Å²) in [7, 11) is 2.08. The molecule has 1 saturated heterocycles. The highest BCUT2D eigenvalue weighted by Crippen LogP contribution is 2.19. The molecule has 2 rings (SSSR count). The Labute approximate surface area is 123 Å². The van der Waals surface area contributed by atoms with Gasteiger partial charge in [-0.15, -0.1) is 5.10 Å². The molecular formula is C11H15F3N4O4. The van der Waals surface area contributed by atoms with E-state index in [1.54, 1.807) is 0 Å². The van der Waals surface area contributed by atoms with Gasteiger partial charge in [-0.05, 0) is 33.0 Å². The van der Waals surface area contributed by atoms with Crippen molar-refractivity contribution in [1.29, 1.82) is 0 Å². The van der Waals surface area contributed by atoms with Gasteiger partial charge < -0.3 is 15.1 Å². The molecule has 1 aliphatic rings. The van der Waals surface area contributed by atoms with Crippen LogP contribution >= 0.6 is 0 Å². The first kappa shape index (κ1) is 17.9. The maximum atomic E-state index is 10.6. The summed E-state index contributed by atoms with van der Waals surface area (Å²) in [6, 6.07) is 0.245.